The van der Waals surface area contributed by atoms with Gasteiger partial charge in [0.05, 0.1) is 16.9 Å². The zero-order chi connectivity index (χ0) is 44.4. The molecule has 0 spiro atoms. The molecule has 0 fully saturated rings. The monoisotopic (exact) mass is 862 g/mol. The molecular weight excluding hydrogens is 817 g/mol. The molecule has 3 heterocycles. The molecule has 0 saturated heterocycles. The first-order valence-corrected chi connectivity index (χ1v) is 23.7. The largest absolute Gasteiger partial charge is 0.456 e. The zero-order valence-electron chi connectivity index (χ0n) is 37.5. The molecule has 0 radical (unpaired) electrons. The molecule has 1 atom stereocenters. The average molecular weight is 863 g/mol. The SMILES string of the molecule is CC1(C)c2ccccc2-c2ccc(N(c3ccc(-c4ccccc4)cc3)C3C=CC(c4cccc5oc6c(-n7c8c(c9ccccc97)C=CCC8)c7c(cc6c45)oc4ccccc47)=CC3)cc21. The van der Waals surface area contributed by atoms with Crippen LogP contribution >= 0.6 is 0 Å². The third-order valence-corrected chi connectivity index (χ3v) is 15.0. The lowest BCUT2D eigenvalue weighted by molar-refractivity contribution is 0.659. The van der Waals surface area contributed by atoms with Crippen LogP contribution in [0.5, 0.6) is 0 Å². The fraction of sp³-hybridized carbons (Fsp3) is 0.111. The maximum absolute atomic E-state index is 7.16. The Hall–Kier alpha value is -8.08. The van der Waals surface area contributed by atoms with E-state index in [0.717, 1.165) is 74.4 Å². The molecule has 14 rings (SSSR count). The number of hydrogen-bond acceptors (Lipinski definition) is 3. The van der Waals surface area contributed by atoms with Crippen molar-refractivity contribution in [1.82, 2.24) is 4.57 Å². The summed E-state index contributed by atoms with van der Waals surface area (Å²) < 4.78 is 16.4. The molecule has 11 aromatic rings. The van der Waals surface area contributed by atoms with Gasteiger partial charge in [0.25, 0.3) is 0 Å². The van der Waals surface area contributed by atoms with E-state index in [4.69, 9.17) is 8.83 Å². The average Bonchev–Trinajstić information content (AvgIpc) is 4.11. The van der Waals surface area contributed by atoms with Gasteiger partial charge < -0.3 is 18.3 Å². The van der Waals surface area contributed by atoms with Gasteiger partial charge in [0.1, 0.15) is 22.4 Å². The number of aromatic nitrogens is 1. The van der Waals surface area contributed by atoms with Gasteiger partial charge in [0, 0.05) is 49.6 Å². The van der Waals surface area contributed by atoms with Crippen molar-refractivity contribution in [3.05, 3.63) is 222 Å². The Morgan fingerprint density at radius 3 is 2.16 bits per heavy atom. The smallest absolute Gasteiger partial charge is 0.160 e. The summed E-state index contributed by atoms with van der Waals surface area (Å²) in [5, 5.41) is 5.59. The summed E-state index contributed by atoms with van der Waals surface area (Å²) in [6, 6.07) is 61.8. The minimum atomic E-state index is -0.106. The van der Waals surface area contributed by atoms with Crippen LogP contribution in [0.4, 0.5) is 11.4 Å². The lowest BCUT2D eigenvalue weighted by Gasteiger charge is -2.34. The molecule has 0 aliphatic heterocycles. The lowest BCUT2D eigenvalue weighted by Crippen LogP contribution is -2.30. The minimum absolute atomic E-state index is 0.0839. The summed E-state index contributed by atoms with van der Waals surface area (Å²) in [6.07, 6.45) is 14.6. The standard InChI is InChI=1S/C63H46N2O2/c1-63(2)52-22-10-6-17-46(52)47-36-35-44(37-53(47)63)64(42-31-27-40(28-32-42)39-15-4-3-5-16-39)43-33-29-41(30-34-43)45-21-14-26-57-59(45)51-38-58-60(50-20-9-13-25-56(50)66-58)61(62(51)67-57)65-54-23-11-7-18-48(54)49-19-8-12-24-55(49)65/h3-11,13-23,25-33,35-38,43H,12,24,34H2,1-2H3. The second kappa shape index (κ2) is 14.5. The van der Waals surface area contributed by atoms with Crippen LogP contribution in [0, 0.1) is 0 Å². The number of rotatable bonds is 6. The fourth-order valence-corrected chi connectivity index (χ4v) is 11.8. The molecule has 8 aromatic carbocycles. The summed E-state index contributed by atoms with van der Waals surface area (Å²) >= 11 is 0. The topological polar surface area (TPSA) is 34.5 Å². The van der Waals surface area contributed by atoms with E-state index >= 15 is 0 Å². The van der Waals surface area contributed by atoms with Crippen molar-refractivity contribution in [2.24, 2.45) is 0 Å². The van der Waals surface area contributed by atoms with Crippen molar-refractivity contribution in [3.63, 3.8) is 0 Å². The van der Waals surface area contributed by atoms with E-state index in [9.17, 15) is 0 Å². The molecule has 0 bridgehead atoms. The summed E-state index contributed by atoms with van der Waals surface area (Å²) in [5.74, 6) is 0. The number of anilines is 2. The van der Waals surface area contributed by atoms with Crippen LogP contribution in [-0.4, -0.2) is 10.6 Å². The van der Waals surface area contributed by atoms with Gasteiger partial charge in [-0.25, -0.2) is 0 Å². The third-order valence-electron chi connectivity index (χ3n) is 15.0. The van der Waals surface area contributed by atoms with Gasteiger partial charge >= 0.3 is 0 Å². The predicted octanol–water partition coefficient (Wildman–Crippen LogP) is 16.9. The van der Waals surface area contributed by atoms with Crippen molar-refractivity contribution in [2.75, 3.05) is 4.90 Å². The first-order chi connectivity index (χ1) is 33.0. The molecule has 0 amide bonds. The molecule has 67 heavy (non-hydrogen) atoms. The molecule has 3 aliphatic rings. The Kier molecular flexibility index (Phi) is 8.25. The fourth-order valence-electron chi connectivity index (χ4n) is 11.8. The molecule has 4 nitrogen and oxygen atoms in total. The number of allylic oxidation sites excluding steroid dienone is 3. The Bertz CT molecular complexity index is 3930. The van der Waals surface area contributed by atoms with Crippen LogP contribution in [0.3, 0.4) is 0 Å². The Labute approximate surface area is 389 Å². The Morgan fingerprint density at radius 2 is 1.30 bits per heavy atom. The predicted molar refractivity (Wildman–Crippen MR) is 279 cm³/mol. The maximum Gasteiger partial charge on any atom is 0.160 e. The van der Waals surface area contributed by atoms with Gasteiger partial charge in [0.15, 0.2) is 5.58 Å². The van der Waals surface area contributed by atoms with E-state index in [1.807, 2.05) is 0 Å². The summed E-state index contributed by atoms with van der Waals surface area (Å²) in [4.78, 5) is 2.54. The zero-order valence-corrected chi connectivity index (χ0v) is 37.5. The number of fused-ring (bicyclic) bond motifs is 12. The van der Waals surface area contributed by atoms with Crippen LogP contribution in [0.25, 0.3) is 94.4 Å². The van der Waals surface area contributed by atoms with E-state index in [2.05, 4.69) is 224 Å². The van der Waals surface area contributed by atoms with Crippen LogP contribution in [0.2, 0.25) is 0 Å². The van der Waals surface area contributed by atoms with Crippen LogP contribution < -0.4 is 4.90 Å². The van der Waals surface area contributed by atoms with Crippen molar-refractivity contribution in [3.8, 4) is 27.9 Å². The van der Waals surface area contributed by atoms with E-state index in [1.54, 1.807) is 0 Å². The lowest BCUT2D eigenvalue weighted by atomic mass is 9.82. The number of para-hydroxylation sites is 2. The number of hydrogen-bond donors (Lipinski definition) is 0. The van der Waals surface area contributed by atoms with Gasteiger partial charge in [-0.3, -0.25) is 0 Å². The Balaban J connectivity index is 0.912. The van der Waals surface area contributed by atoms with E-state index < -0.39 is 0 Å². The minimum Gasteiger partial charge on any atom is -0.456 e. The highest BCUT2D eigenvalue weighted by molar-refractivity contribution is 6.22. The quantitative estimate of drug-likeness (QED) is 0.167. The van der Waals surface area contributed by atoms with Crippen molar-refractivity contribution < 1.29 is 8.83 Å². The van der Waals surface area contributed by atoms with E-state index in [1.165, 1.54) is 72.5 Å². The summed E-state index contributed by atoms with van der Waals surface area (Å²) in [7, 11) is 0. The van der Waals surface area contributed by atoms with Crippen molar-refractivity contribution in [1.29, 1.82) is 0 Å². The molecule has 0 saturated carbocycles. The summed E-state index contributed by atoms with van der Waals surface area (Å²) in [5.41, 5.74) is 20.8. The molecule has 4 heteroatoms. The van der Waals surface area contributed by atoms with Gasteiger partial charge in [-0.15, -0.1) is 0 Å². The number of furan rings is 2. The molecule has 320 valence electrons. The first kappa shape index (κ1) is 38.2. The van der Waals surface area contributed by atoms with Crippen molar-refractivity contribution in [2.45, 2.75) is 44.6 Å². The van der Waals surface area contributed by atoms with E-state index in [0.29, 0.717) is 0 Å². The van der Waals surface area contributed by atoms with Gasteiger partial charge in [0.2, 0.25) is 0 Å². The summed E-state index contributed by atoms with van der Waals surface area (Å²) in [6.45, 7) is 4.73. The number of benzene rings is 8. The van der Waals surface area contributed by atoms with Crippen LogP contribution in [-0.2, 0) is 11.8 Å². The van der Waals surface area contributed by atoms with Gasteiger partial charge in [-0.2, -0.15) is 0 Å². The first-order valence-electron chi connectivity index (χ1n) is 23.7. The maximum atomic E-state index is 7.16. The highest BCUT2D eigenvalue weighted by atomic mass is 16.3. The molecular formula is C63H46N2O2. The Morgan fingerprint density at radius 1 is 0.567 bits per heavy atom. The second-order valence-corrected chi connectivity index (χ2v) is 19.0. The molecule has 1 unspecified atom stereocenters. The highest BCUT2D eigenvalue weighted by Gasteiger charge is 2.36. The van der Waals surface area contributed by atoms with E-state index in [-0.39, 0.29) is 11.5 Å². The number of nitrogens with zero attached hydrogens (tertiary/aromatic N) is 2. The third kappa shape index (κ3) is 5.66. The van der Waals surface area contributed by atoms with Crippen LogP contribution in [0.15, 0.2) is 203 Å². The highest BCUT2D eigenvalue weighted by Crippen LogP contribution is 2.51. The second-order valence-electron chi connectivity index (χ2n) is 19.0. The molecule has 3 aliphatic carbocycles. The van der Waals surface area contributed by atoms with Gasteiger partial charge in [-0.1, -0.05) is 166 Å². The molecule has 3 aromatic heterocycles. The molecule has 0 N–H and O–H groups in total. The van der Waals surface area contributed by atoms with Gasteiger partial charge in [-0.05, 0) is 112 Å². The normalized spacial score (nSPS) is 16.0. The van der Waals surface area contributed by atoms with Crippen molar-refractivity contribution >= 4 is 77.8 Å². The van der Waals surface area contributed by atoms with Crippen LogP contribution in [0.1, 0.15) is 54.6 Å².